The minimum atomic E-state index is -1.19. The lowest BCUT2D eigenvalue weighted by Crippen LogP contribution is -2.60. The maximum Gasteiger partial charge on any atom is 0.329 e. The molecule has 1 aliphatic carbocycles. The maximum absolute atomic E-state index is 11.7. The summed E-state index contributed by atoms with van der Waals surface area (Å²) in [6, 6.07) is 4.64. The zero-order chi connectivity index (χ0) is 14.8. The molecule has 1 aromatic carbocycles. The Kier molecular flexibility index (Phi) is 3.55. The number of hydrogen-bond donors (Lipinski definition) is 3. The van der Waals surface area contributed by atoms with Gasteiger partial charge in [-0.15, -0.1) is 0 Å². The average molecular weight is 279 g/mol. The van der Waals surface area contributed by atoms with Crippen LogP contribution < -0.4 is 10.6 Å². The van der Waals surface area contributed by atoms with Gasteiger partial charge in [0.1, 0.15) is 5.54 Å². The number of urea groups is 1. The summed E-state index contributed by atoms with van der Waals surface area (Å²) in [6.45, 7) is 0. The third kappa shape index (κ3) is 2.68. The van der Waals surface area contributed by atoms with E-state index in [0.29, 0.717) is 18.5 Å². The van der Waals surface area contributed by atoms with E-state index in [1.54, 1.807) is 0 Å². The summed E-state index contributed by atoms with van der Waals surface area (Å²) in [7, 11) is 0. The first-order valence-corrected chi connectivity index (χ1v) is 6.00. The topological polar surface area (TPSA) is 122 Å². The zero-order valence-corrected chi connectivity index (χ0v) is 10.5. The molecule has 106 valence electrons. The van der Waals surface area contributed by atoms with Crippen LogP contribution in [0.15, 0.2) is 24.3 Å². The number of carbonyl (C=O) groups excluding carboxylic acids is 1. The Balaban J connectivity index is 1.97. The molecule has 0 spiro atoms. The lowest BCUT2D eigenvalue weighted by molar-refractivity contribution is -0.384. The molecule has 0 aliphatic heterocycles. The number of carbonyl (C=O) groups is 2. The van der Waals surface area contributed by atoms with Gasteiger partial charge in [-0.1, -0.05) is 0 Å². The number of nitrogens with one attached hydrogen (secondary N) is 2. The van der Waals surface area contributed by atoms with Crippen LogP contribution in [0.5, 0.6) is 0 Å². The van der Waals surface area contributed by atoms with Crippen molar-refractivity contribution in [2.75, 3.05) is 5.32 Å². The fourth-order valence-electron chi connectivity index (χ4n) is 1.97. The number of carboxylic acids is 1. The van der Waals surface area contributed by atoms with Gasteiger partial charge in [0.05, 0.1) is 4.92 Å². The van der Waals surface area contributed by atoms with Crippen LogP contribution in [0, 0.1) is 10.1 Å². The maximum atomic E-state index is 11.7. The largest absolute Gasteiger partial charge is 0.480 e. The van der Waals surface area contributed by atoms with Crippen LogP contribution in [-0.2, 0) is 4.79 Å². The van der Waals surface area contributed by atoms with E-state index < -0.39 is 22.5 Å². The van der Waals surface area contributed by atoms with Crippen LogP contribution in [0.3, 0.4) is 0 Å². The van der Waals surface area contributed by atoms with E-state index in [-0.39, 0.29) is 5.69 Å². The van der Waals surface area contributed by atoms with Gasteiger partial charge in [-0.2, -0.15) is 0 Å². The summed E-state index contributed by atoms with van der Waals surface area (Å²) in [5.41, 5.74) is -0.921. The van der Waals surface area contributed by atoms with E-state index in [2.05, 4.69) is 10.6 Å². The van der Waals surface area contributed by atoms with Crippen molar-refractivity contribution in [3.05, 3.63) is 34.4 Å². The molecule has 0 saturated heterocycles. The Morgan fingerprint density at radius 3 is 2.25 bits per heavy atom. The van der Waals surface area contributed by atoms with Crippen molar-refractivity contribution in [3.63, 3.8) is 0 Å². The second-order valence-corrected chi connectivity index (χ2v) is 4.62. The molecular formula is C12H13N3O5. The Morgan fingerprint density at radius 1 is 1.25 bits per heavy atom. The van der Waals surface area contributed by atoms with Gasteiger partial charge in [0.15, 0.2) is 0 Å². The van der Waals surface area contributed by atoms with Crippen LogP contribution in [0.1, 0.15) is 19.3 Å². The second kappa shape index (κ2) is 5.16. The Hall–Kier alpha value is -2.64. The number of nitrogens with zero attached hydrogens (tertiary/aromatic N) is 1. The van der Waals surface area contributed by atoms with Crippen molar-refractivity contribution >= 4 is 23.4 Å². The number of benzene rings is 1. The molecule has 1 aromatic rings. The van der Waals surface area contributed by atoms with Crippen LogP contribution in [0.25, 0.3) is 0 Å². The third-order valence-corrected chi connectivity index (χ3v) is 3.31. The number of rotatable bonds is 4. The van der Waals surface area contributed by atoms with Gasteiger partial charge in [0, 0.05) is 17.8 Å². The Morgan fingerprint density at radius 2 is 1.85 bits per heavy atom. The molecule has 0 bridgehead atoms. The van der Waals surface area contributed by atoms with Crippen molar-refractivity contribution in [1.29, 1.82) is 0 Å². The van der Waals surface area contributed by atoms with Gasteiger partial charge < -0.3 is 15.7 Å². The highest BCUT2D eigenvalue weighted by Gasteiger charge is 2.45. The molecule has 3 N–H and O–H groups in total. The standard InChI is InChI=1S/C12H13N3O5/c16-10(17)12(6-1-7-12)14-11(18)13-8-2-4-9(5-3-8)15(19)20/h2-5H,1,6-7H2,(H,16,17)(H2,13,14,18). The molecule has 2 amide bonds. The van der Waals surface area contributed by atoms with Gasteiger partial charge in [0.2, 0.25) is 0 Å². The van der Waals surface area contributed by atoms with Crippen molar-refractivity contribution in [1.82, 2.24) is 5.32 Å². The molecule has 8 nitrogen and oxygen atoms in total. The van der Waals surface area contributed by atoms with Gasteiger partial charge >= 0.3 is 12.0 Å². The average Bonchev–Trinajstić information content (AvgIpc) is 2.34. The summed E-state index contributed by atoms with van der Waals surface area (Å²) in [6.07, 6.45) is 1.55. The van der Waals surface area contributed by atoms with Crippen LogP contribution in [0.4, 0.5) is 16.2 Å². The molecule has 0 aromatic heterocycles. The monoisotopic (exact) mass is 279 g/mol. The van der Waals surface area contributed by atoms with Gasteiger partial charge in [-0.25, -0.2) is 9.59 Å². The first kappa shape index (κ1) is 13.8. The molecule has 2 rings (SSSR count). The third-order valence-electron chi connectivity index (χ3n) is 3.31. The molecule has 0 radical (unpaired) electrons. The Labute approximate surface area is 113 Å². The van der Waals surface area contributed by atoms with Crippen molar-refractivity contribution in [3.8, 4) is 0 Å². The van der Waals surface area contributed by atoms with E-state index >= 15 is 0 Å². The molecule has 1 aliphatic rings. The van der Waals surface area contributed by atoms with E-state index in [0.717, 1.165) is 6.42 Å². The summed E-state index contributed by atoms with van der Waals surface area (Å²) < 4.78 is 0. The van der Waals surface area contributed by atoms with Crippen molar-refractivity contribution < 1.29 is 19.6 Å². The van der Waals surface area contributed by atoms with E-state index in [1.807, 2.05) is 0 Å². The van der Waals surface area contributed by atoms with Gasteiger partial charge in [0.25, 0.3) is 5.69 Å². The van der Waals surface area contributed by atoms with Crippen LogP contribution in [-0.4, -0.2) is 27.6 Å². The number of amides is 2. The minimum absolute atomic E-state index is 0.0862. The molecular weight excluding hydrogens is 266 g/mol. The normalized spacial score (nSPS) is 15.8. The lowest BCUT2D eigenvalue weighted by Gasteiger charge is -2.38. The van der Waals surface area contributed by atoms with Crippen molar-refractivity contribution in [2.24, 2.45) is 0 Å². The number of carboxylic acid groups (broad SMARTS) is 1. The van der Waals surface area contributed by atoms with Gasteiger partial charge in [-0.3, -0.25) is 10.1 Å². The number of hydrogen-bond acceptors (Lipinski definition) is 4. The van der Waals surface area contributed by atoms with Gasteiger partial charge in [-0.05, 0) is 31.4 Å². The zero-order valence-electron chi connectivity index (χ0n) is 10.5. The molecule has 0 heterocycles. The van der Waals surface area contributed by atoms with Crippen LogP contribution in [0.2, 0.25) is 0 Å². The molecule has 1 fully saturated rings. The van der Waals surface area contributed by atoms with Crippen LogP contribution >= 0.6 is 0 Å². The highest BCUT2D eigenvalue weighted by Crippen LogP contribution is 2.32. The van der Waals surface area contributed by atoms with Crippen molar-refractivity contribution in [2.45, 2.75) is 24.8 Å². The fraction of sp³-hybridized carbons (Fsp3) is 0.333. The highest BCUT2D eigenvalue weighted by molar-refractivity contribution is 5.94. The molecule has 8 heteroatoms. The van der Waals surface area contributed by atoms with E-state index in [9.17, 15) is 19.7 Å². The summed E-state index contributed by atoms with van der Waals surface area (Å²) in [5.74, 6) is -1.05. The summed E-state index contributed by atoms with van der Waals surface area (Å²) >= 11 is 0. The molecule has 0 unspecified atom stereocenters. The fourth-order valence-corrected chi connectivity index (χ4v) is 1.97. The molecule has 1 saturated carbocycles. The predicted molar refractivity (Wildman–Crippen MR) is 69.5 cm³/mol. The number of non-ortho nitro benzene ring substituents is 1. The van der Waals surface area contributed by atoms with E-state index in [4.69, 9.17) is 5.11 Å². The second-order valence-electron chi connectivity index (χ2n) is 4.62. The predicted octanol–water partition coefficient (Wildman–Crippen LogP) is 1.72. The SMILES string of the molecule is O=C(Nc1ccc([N+](=O)[O-])cc1)NC1(C(=O)O)CCC1. The molecule has 20 heavy (non-hydrogen) atoms. The number of nitro benzene ring substituents is 1. The number of anilines is 1. The number of nitro groups is 1. The highest BCUT2D eigenvalue weighted by atomic mass is 16.6. The minimum Gasteiger partial charge on any atom is -0.480 e. The first-order chi connectivity index (χ1) is 9.43. The smallest absolute Gasteiger partial charge is 0.329 e. The molecule has 0 atom stereocenters. The Bertz CT molecular complexity index is 551. The quantitative estimate of drug-likeness (QED) is 0.572. The summed E-state index contributed by atoms with van der Waals surface area (Å²) in [4.78, 5) is 32.8. The summed E-state index contributed by atoms with van der Waals surface area (Å²) in [5, 5.41) is 24.4. The number of aliphatic carboxylic acids is 1. The first-order valence-electron chi connectivity index (χ1n) is 6.00. The lowest BCUT2D eigenvalue weighted by atomic mass is 9.77. The van der Waals surface area contributed by atoms with E-state index in [1.165, 1.54) is 24.3 Å².